The summed E-state index contributed by atoms with van der Waals surface area (Å²) in [5.74, 6) is -0.275. The van der Waals surface area contributed by atoms with Crippen molar-refractivity contribution in [3.05, 3.63) is 36.7 Å². The SMILES string of the molecule is CCOc1nc(N)nc2c1ncn2[C@@H]1O[C@H](CO[P@@](=O)(N[C@@H](C)C(=O)OC(C)C)Oc2ccccc2)C[C@@]1(C)F. The molecule has 1 aliphatic heterocycles. The Balaban J connectivity index is 1.52. The standard InChI is InChI=1S/C25H34FN6O7P/c1-6-35-21-19-20(29-24(27)30-21)32(14-28-19)23-25(5,26)12-18(38-23)13-36-40(34,39-17-10-8-7-9-11-17)31-16(4)22(33)37-15(2)3/h7-11,14-16,18,23H,6,12-13H2,1-5H3,(H,31,34)(H2,27,29,30)/t16-,18-,23+,25+,40-/m0/s1. The monoisotopic (exact) mass is 580 g/mol. The first-order chi connectivity index (χ1) is 18.9. The van der Waals surface area contributed by atoms with Crippen LogP contribution in [0.4, 0.5) is 10.3 Å². The molecule has 2 aromatic heterocycles. The summed E-state index contributed by atoms with van der Waals surface area (Å²) in [7, 11) is -4.15. The lowest BCUT2D eigenvalue weighted by atomic mass is 10.0. The van der Waals surface area contributed by atoms with E-state index in [0.717, 1.165) is 0 Å². The molecule has 1 saturated heterocycles. The van der Waals surface area contributed by atoms with Gasteiger partial charge in [-0.2, -0.15) is 15.1 Å². The van der Waals surface area contributed by atoms with Crippen LogP contribution in [0.3, 0.4) is 0 Å². The first-order valence-corrected chi connectivity index (χ1v) is 14.4. The summed E-state index contributed by atoms with van der Waals surface area (Å²) in [5.41, 5.74) is 4.50. The maximum atomic E-state index is 15.9. The second-order valence-electron chi connectivity index (χ2n) is 9.77. The van der Waals surface area contributed by atoms with Crippen LogP contribution in [0.2, 0.25) is 0 Å². The maximum Gasteiger partial charge on any atom is 0.459 e. The van der Waals surface area contributed by atoms with Gasteiger partial charge in [0.15, 0.2) is 23.1 Å². The van der Waals surface area contributed by atoms with Crippen molar-refractivity contribution in [2.24, 2.45) is 0 Å². The summed E-state index contributed by atoms with van der Waals surface area (Å²) in [6, 6.07) is 7.30. The van der Waals surface area contributed by atoms with Gasteiger partial charge in [-0.25, -0.2) is 13.9 Å². The molecule has 3 N–H and O–H groups in total. The molecular formula is C25H34FN6O7P. The first-order valence-electron chi connectivity index (χ1n) is 12.9. The minimum Gasteiger partial charge on any atom is -0.476 e. The zero-order valence-electron chi connectivity index (χ0n) is 22.9. The molecule has 0 amide bonds. The number of imidazole rings is 1. The normalized spacial score (nSPS) is 23.2. The number of anilines is 1. The lowest BCUT2D eigenvalue weighted by Gasteiger charge is -2.24. The van der Waals surface area contributed by atoms with E-state index in [1.807, 2.05) is 0 Å². The van der Waals surface area contributed by atoms with E-state index >= 15 is 4.39 Å². The average Bonchev–Trinajstić information content (AvgIpc) is 3.42. The lowest BCUT2D eigenvalue weighted by Crippen LogP contribution is -2.36. The molecule has 0 saturated carbocycles. The van der Waals surface area contributed by atoms with E-state index in [0.29, 0.717) is 12.1 Å². The van der Waals surface area contributed by atoms with E-state index in [-0.39, 0.29) is 42.4 Å². The van der Waals surface area contributed by atoms with Crippen molar-refractivity contribution in [1.29, 1.82) is 0 Å². The van der Waals surface area contributed by atoms with Gasteiger partial charge in [0.2, 0.25) is 11.8 Å². The fourth-order valence-corrected chi connectivity index (χ4v) is 5.72. The molecule has 13 nitrogen and oxygen atoms in total. The number of hydrogen-bond acceptors (Lipinski definition) is 11. The van der Waals surface area contributed by atoms with Gasteiger partial charge < -0.3 is 24.5 Å². The number of fused-ring (bicyclic) bond motifs is 1. The molecule has 15 heteroatoms. The molecule has 1 aromatic carbocycles. The van der Waals surface area contributed by atoms with Crippen LogP contribution in [-0.2, 0) is 23.4 Å². The van der Waals surface area contributed by atoms with Crippen LogP contribution in [0.25, 0.3) is 11.2 Å². The molecule has 0 spiro atoms. The summed E-state index contributed by atoms with van der Waals surface area (Å²) in [6.45, 7) is 8.05. The van der Waals surface area contributed by atoms with E-state index < -0.39 is 37.8 Å². The van der Waals surface area contributed by atoms with Crippen molar-refractivity contribution in [1.82, 2.24) is 24.6 Å². The number of ether oxygens (including phenoxy) is 3. The van der Waals surface area contributed by atoms with Gasteiger partial charge in [0.05, 0.1) is 31.7 Å². The predicted octanol–water partition coefficient (Wildman–Crippen LogP) is 3.96. The summed E-state index contributed by atoms with van der Waals surface area (Å²) in [5, 5.41) is 2.61. The fourth-order valence-electron chi connectivity index (χ4n) is 4.20. The van der Waals surface area contributed by atoms with Gasteiger partial charge in [0.25, 0.3) is 0 Å². The van der Waals surface area contributed by atoms with E-state index in [1.165, 1.54) is 24.7 Å². The second kappa shape index (κ2) is 12.0. The van der Waals surface area contributed by atoms with Gasteiger partial charge in [0.1, 0.15) is 11.8 Å². The van der Waals surface area contributed by atoms with E-state index in [9.17, 15) is 9.36 Å². The minimum absolute atomic E-state index is 0.0636. The Hall–Kier alpha value is -3.32. The summed E-state index contributed by atoms with van der Waals surface area (Å²) < 4.78 is 59.1. The highest BCUT2D eigenvalue weighted by atomic mass is 31.2. The number of benzene rings is 1. The van der Waals surface area contributed by atoms with Crippen molar-refractivity contribution < 1.29 is 37.0 Å². The third-order valence-corrected chi connectivity index (χ3v) is 7.50. The molecule has 4 rings (SSSR count). The lowest BCUT2D eigenvalue weighted by molar-refractivity contribution is -0.149. The molecule has 0 unspecified atom stereocenters. The number of para-hydroxylation sites is 1. The number of esters is 1. The van der Waals surface area contributed by atoms with Crippen molar-refractivity contribution in [3.63, 3.8) is 0 Å². The number of halogens is 1. The van der Waals surface area contributed by atoms with Gasteiger partial charge in [0, 0.05) is 6.42 Å². The molecule has 5 atom stereocenters. The van der Waals surface area contributed by atoms with Crippen LogP contribution in [0.5, 0.6) is 11.6 Å². The number of nitrogen functional groups attached to an aromatic ring is 1. The molecular weight excluding hydrogens is 546 g/mol. The molecule has 0 radical (unpaired) electrons. The van der Waals surface area contributed by atoms with Gasteiger partial charge in [-0.1, -0.05) is 18.2 Å². The summed E-state index contributed by atoms with van der Waals surface area (Å²) in [4.78, 5) is 24.9. The Morgan fingerprint density at radius 1 is 1.30 bits per heavy atom. The minimum atomic E-state index is -4.15. The topological polar surface area (TPSA) is 162 Å². The van der Waals surface area contributed by atoms with E-state index in [1.54, 1.807) is 51.1 Å². The highest BCUT2D eigenvalue weighted by Crippen LogP contribution is 2.48. The number of nitrogens with zero attached hydrogens (tertiary/aromatic N) is 4. The van der Waals surface area contributed by atoms with Crippen molar-refractivity contribution >= 4 is 30.8 Å². The molecule has 40 heavy (non-hydrogen) atoms. The number of nitrogens with one attached hydrogen (secondary N) is 1. The second-order valence-corrected chi connectivity index (χ2v) is 11.5. The van der Waals surface area contributed by atoms with E-state index in [4.69, 9.17) is 29.0 Å². The quantitative estimate of drug-likeness (QED) is 0.235. The van der Waals surface area contributed by atoms with Crippen LogP contribution in [0, 0.1) is 0 Å². The van der Waals surface area contributed by atoms with Crippen LogP contribution < -0.4 is 20.1 Å². The highest BCUT2D eigenvalue weighted by Gasteiger charge is 2.48. The number of alkyl halides is 1. The third kappa shape index (κ3) is 6.87. The first kappa shape index (κ1) is 29.7. The number of rotatable bonds is 12. The molecule has 1 aliphatic rings. The number of nitrogens with two attached hydrogens (primary N) is 1. The Morgan fingerprint density at radius 3 is 2.70 bits per heavy atom. The number of carbonyl (C=O) groups excluding carboxylic acids is 1. The largest absolute Gasteiger partial charge is 0.476 e. The number of aromatic nitrogens is 4. The zero-order valence-corrected chi connectivity index (χ0v) is 23.8. The van der Waals surface area contributed by atoms with Crippen LogP contribution in [-0.4, -0.2) is 62.6 Å². The van der Waals surface area contributed by atoms with Crippen LogP contribution >= 0.6 is 7.75 Å². The van der Waals surface area contributed by atoms with Crippen molar-refractivity contribution in [3.8, 4) is 11.6 Å². The summed E-state index contributed by atoms with van der Waals surface area (Å²) >= 11 is 0. The zero-order chi connectivity index (χ0) is 29.1. The summed E-state index contributed by atoms with van der Waals surface area (Å²) in [6.07, 6.45) is -1.10. The average molecular weight is 581 g/mol. The Kier molecular flexibility index (Phi) is 8.93. The van der Waals surface area contributed by atoms with Crippen molar-refractivity contribution in [2.45, 2.75) is 71.2 Å². The van der Waals surface area contributed by atoms with Gasteiger partial charge in [-0.3, -0.25) is 13.9 Å². The molecule has 3 aromatic rings. The predicted molar refractivity (Wildman–Crippen MR) is 143 cm³/mol. The third-order valence-electron chi connectivity index (χ3n) is 5.86. The molecule has 3 heterocycles. The highest BCUT2D eigenvalue weighted by molar-refractivity contribution is 7.52. The smallest absolute Gasteiger partial charge is 0.459 e. The van der Waals surface area contributed by atoms with Crippen LogP contribution in [0.1, 0.15) is 47.3 Å². The molecule has 0 aliphatic carbocycles. The maximum absolute atomic E-state index is 15.9. The van der Waals surface area contributed by atoms with Crippen molar-refractivity contribution in [2.75, 3.05) is 18.9 Å². The Labute approximate surface area is 231 Å². The van der Waals surface area contributed by atoms with Gasteiger partial charge in [-0.15, -0.1) is 0 Å². The molecule has 1 fully saturated rings. The molecule has 218 valence electrons. The number of hydrogen-bond donors (Lipinski definition) is 2. The number of carbonyl (C=O) groups is 1. The molecule has 0 bridgehead atoms. The Morgan fingerprint density at radius 2 is 2.02 bits per heavy atom. The van der Waals surface area contributed by atoms with Crippen LogP contribution in [0.15, 0.2) is 36.7 Å². The van der Waals surface area contributed by atoms with Gasteiger partial charge >= 0.3 is 13.7 Å². The Bertz CT molecular complexity index is 1370. The fraction of sp³-hybridized carbons (Fsp3) is 0.520. The van der Waals surface area contributed by atoms with E-state index in [2.05, 4.69) is 20.0 Å². The van der Waals surface area contributed by atoms with Gasteiger partial charge in [-0.05, 0) is 46.8 Å².